The van der Waals surface area contributed by atoms with Gasteiger partial charge in [-0.2, -0.15) is 0 Å². The van der Waals surface area contributed by atoms with Crippen LogP contribution in [-0.2, 0) is 16.0 Å². The van der Waals surface area contributed by atoms with Gasteiger partial charge in [-0.15, -0.1) is 11.3 Å². The third-order valence-electron chi connectivity index (χ3n) is 2.09. The van der Waals surface area contributed by atoms with Crippen LogP contribution in [0.3, 0.4) is 0 Å². The van der Waals surface area contributed by atoms with Gasteiger partial charge in [-0.1, -0.05) is 13.3 Å². The van der Waals surface area contributed by atoms with Gasteiger partial charge in [0.05, 0.1) is 0 Å². The average Bonchev–Trinajstić information content (AvgIpc) is 2.57. The van der Waals surface area contributed by atoms with Crippen LogP contribution in [0, 0.1) is 6.92 Å². The van der Waals surface area contributed by atoms with Crippen LogP contribution < -0.4 is 5.73 Å². The number of esters is 1. The van der Waals surface area contributed by atoms with Crippen LogP contribution in [-0.4, -0.2) is 18.5 Å². The molecule has 0 fully saturated rings. The van der Waals surface area contributed by atoms with E-state index < -0.39 is 11.9 Å². The van der Waals surface area contributed by atoms with Crippen molar-refractivity contribution in [1.29, 1.82) is 0 Å². The molecule has 5 heteroatoms. The van der Waals surface area contributed by atoms with Gasteiger partial charge in [0, 0.05) is 4.88 Å². The van der Waals surface area contributed by atoms with Crippen molar-refractivity contribution in [1.82, 2.24) is 0 Å². The highest BCUT2D eigenvalue weighted by atomic mass is 32.1. The fraction of sp³-hybridized carbons (Fsp3) is 0.455. The number of rotatable bonds is 5. The summed E-state index contributed by atoms with van der Waals surface area (Å²) in [4.78, 5) is 23.6. The fourth-order valence-corrected chi connectivity index (χ4v) is 2.31. The van der Waals surface area contributed by atoms with Crippen molar-refractivity contribution in [3.05, 3.63) is 21.4 Å². The maximum Gasteiger partial charge on any atom is 0.348 e. The van der Waals surface area contributed by atoms with Crippen LogP contribution in [0.2, 0.25) is 0 Å². The number of carbonyl (C=O) groups excluding carboxylic acids is 2. The molecule has 0 atom stereocenters. The van der Waals surface area contributed by atoms with E-state index >= 15 is 0 Å². The highest BCUT2D eigenvalue weighted by molar-refractivity contribution is 7.14. The zero-order valence-corrected chi connectivity index (χ0v) is 10.2. The largest absolute Gasteiger partial charge is 0.451 e. The molecule has 0 saturated heterocycles. The lowest BCUT2D eigenvalue weighted by atomic mass is 10.1. The second-order valence-corrected chi connectivity index (χ2v) is 4.74. The van der Waals surface area contributed by atoms with Crippen LogP contribution >= 0.6 is 11.3 Å². The Labute approximate surface area is 98.4 Å². The predicted molar refractivity (Wildman–Crippen MR) is 62.5 cm³/mol. The molecule has 2 N–H and O–H groups in total. The molecule has 4 nitrogen and oxygen atoms in total. The Morgan fingerprint density at radius 1 is 1.50 bits per heavy atom. The Kier molecular flexibility index (Phi) is 4.49. The van der Waals surface area contributed by atoms with E-state index in [-0.39, 0.29) is 6.61 Å². The van der Waals surface area contributed by atoms with Crippen molar-refractivity contribution in [3.63, 3.8) is 0 Å². The van der Waals surface area contributed by atoms with Gasteiger partial charge >= 0.3 is 5.97 Å². The molecule has 1 amide bonds. The van der Waals surface area contributed by atoms with Crippen LogP contribution in [0.5, 0.6) is 0 Å². The number of hydrogen-bond acceptors (Lipinski definition) is 4. The second kappa shape index (κ2) is 5.65. The van der Waals surface area contributed by atoms with E-state index in [9.17, 15) is 9.59 Å². The lowest BCUT2D eigenvalue weighted by Crippen LogP contribution is -2.20. The Hall–Kier alpha value is -1.36. The van der Waals surface area contributed by atoms with Gasteiger partial charge < -0.3 is 10.5 Å². The number of thiophene rings is 1. The Morgan fingerprint density at radius 2 is 2.19 bits per heavy atom. The molecule has 1 aromatic rings. The third kappa shape index (κ3) is 3.34. The molecule has 0 aliphatic carbocycles. The van der Waals surface area contributed by atoms with E-state index in [1.54, 1.807) is 0 Å². The van der Waals surface area contributed by atoms with Gasteiger partial charge in [-0.25, -0.2) is 4.79 Å². The lowest BCUT2D eigenvalue weighted by Gasteiger charge is -1.98. The van der Waals surface area contributed by atoms with Crippen molar-refractivity contribution < 1.29 is 14.3 Å². The number of hydrogen-bond donors (Lipinski definition) is 1. The van der Waals surface area contributed by atoms with Gasteiger partial charge in [-0.3, -0.25) is 4.79 Å². The van der Waals surface area contributed by atoms with Crippen molar-refractivity contribution in [2.45, 2.75) is 26.7 Å². The summed E-state index contributed by atoms with van der Waals surface area (Å²) in [6, 6.07) is 1.83. The highest BCUT2D eigenvalue weighted by Crippen LogP contribution is 2.23. The summed E-state index contributed by atoms with van der Waals surface area (Å²) in [6.07, 6.45) is 1.98. The smallest absolute Gasteiger partial charge is 0.348 e. The number of primary amides is 1. The molecule has 0 radical (unpaired) electrons. The molecular formula is C11H15NO3S. The monoisotopic (exact) mass is 241 g/mol. The van der Waals surface area contributed by atoms with Gasteiger partial charge in [0.1, 0.15) is 4.88 Å². The maximum atomic E-state index is 11.5. The summed E-state index contributed by atoms with van der Waals surface area (Å²) in [6.45, 7) is 3.70. The first-order chi connectivity index (χ1) is 7.54. The van der Waals surface area contributed by atoms with E-state index in [4.69, 9.17) is 10.5 Å². The minimum atomic E-state index is -0.643. The second-order valence-electron chi connectivity index (χ2n) is 3.48. The van der Waals surface area contributed by atoms with Crippen molar-refractivity contribution in [3.8, 4) is 0 Å². The van der Waals surface area contributed by atoms with Crippen LogP contribution in [0.25, 0.3) is 0 Å². The Balaban J connectivity index is 2.69. The van der Waals surface area contributed by atoms with Gasteiger partial charge in [0.2, 0.25) is 0 Å². The average molecular weight is 241 g/mol. The zero-order chi connectivity index (χ0) is 12.1. The van der Waals surface area contributed by atoms with E-state index in [1.165, 1.54) is 16.9 Å². The lowest BCUT2D eigenvalue weighted by molar-refractivity contribution is -0.121. The molecule has 0 aliphatic heterocycles. The Bertz CT molecular complexity index is 398. The number of aryl methyl sites for hydroxylation is 2. The summed E-state index contributed by atoms with van der Waals surface area (Å²) in [5.41, 5.74) is 6.05. The summed E-state index contributed by atoms with van der Waals surface area (Å²) in [5, 5.41) is 0. The number of ether oxygens (including phenoxy) is 1. The number of nitrogens with two attached hydrogens (primary N) is 1. The first-order valence-electron chi connectivity index (χ1n) is 5.09. The molecule has 88 valence electrons. The summed E-state index contributed by atoms with van der Waals surface area (Å²) < 4.78 is 4.73. The van der Waals surface area contributed by atoms with Crippen LogP contribution in [0.15, 0.2) is 6.07 Å². The maximum absolute atomic E-state index is 11.5. The molecule has 16 heavy (non-hydrogen) atoms. The number of carbonyl (C=O) groups is 2. The number of amides is 1. The summed E-state index contributed by atoms with van der Waals surface area (Å²) in [7, 11) is 0. The van der Waals surface area contributed by atoms with Gasteiger partial charge in [0.15, 0.2) is 6.61 Å². The van der Waals surface area contributed by atoms with Gasteiger partial charge in [-0.05, 0) is 25.0 Å². The molecule has 1 heterocycles. The molecule has 0 unspecified atom stereocenters. The highest BCUT2D eigenvalue weighted by Gasteiger charge is 2.13. The predicted octanol–water partition coefficient (Wildman–Crippen LogP) is 1.65. The quantitative estimate of drug-likeness (QED) is 0.797. The van der Waals surface area contributed by atoms with Crippen molar-refractivity contribution >= 4 is 23.2 Å². The normalized spacial score (nSPS) is 10.1. The molecule has 0 spiro atoms. The fourth-order valence-electron chi connectivity index (χ4n) is 1.35. The minimum absolute atomic E-state index is 0.362. The molecule has 1 aromatic heterocycles. The standard InChI is InChI=1S/C11H15NO3S/c1-3-4-8-5-9(16-7(8)2)11(14)15-6-10(12)13/h5H,3-4,6H2,1-2H3,(H2,12,13). The first kappa shape index (κ1) is 12.7. The van der Waals surface area contributed by atoms with E-state index in [2.05, 4.69) is 6.92 Å². The van der Waals surface area contributed by atoms with E-state index in [0.717, 1.165) is 17.7 Å². The molecule has 0 aromatic carbocycles. The third-order valence-corrected chi connectivity index (χ3v) is 3.16. The van der Waals surface area contributed by atoms with Crippen molar-refractivity contribution in [2.24, 2.45) is 5.73 Å². The summed E-state index contributed by atoms with van der Waals surface area (Å²) in [5.74, 6) is -1.12. The van der Waals surface area contributed by atoms with E-state index in [0.29, 0.717) is 4.88 Å². The first-order valence-corrected chi connectivity index (χ1v) is 5.91. The molecule has 0 aliphatic rings. The Morgan fingerprint density at radius 3 is 2.75 bits per heavy atom. The molecule has 1 rings (SSSR count). The molecule has 0 bridgehead atoms. The minimum Gasteiger partial charge on any atom is -0.451 e. The zero-order valence-electron chi connectivity index (χ0n) is 9.41. The van der Waals surface area contributed by atoms with Crippen LogP contribution in [0.1, 0.15) is 33.5 Å². The topological polar surface area (TPSA) is 69.4 Å². The summed E-state index contributed by atoms with van der Waals surface area (Å²) >= 11 is 1.39. The molecular weight excluding hydrogens is 226 g/mol. The van der Waals surface area contributed by atoms with Crippen molar-refractivity contribution in [2.75, 3.05) is 6.61 Å². The van der Waals surface area contributed by atoms with E-state index in [1.807, 2.05) is 13.0 Å². The molecule has 0 saturated carbocycles. The van der Waals surface area contributed by atoms with Gasteiger partial charge in [0.25, 0.3) is 5.91 Å². The van der Waals surface area contributed by atoms with Crippen LogP contribution in [0.4, 0.5) is 0 Å². The SMILES string of the molecule is CCCc1cc(C(=O)OCC(N)=O)sc1C.